The molecule has 0 unspecified atom stereocenters. The molecular weight excluding hydrogens is 448 g/mol. The summed E-state index contributed by atoms with van der Waals surface area (Å²) in [6.07, 6.45) is 10.0. The summed E-state index contributed by atoms with van der Waals surface area (Å²) in [4.78, 5) is 24.8. The van der Waals surface area contributed by atoms with Gasteiger partial charge in [-0.2, -0.15) is 0 Å². The Morgan fingerprint density at radius 2 is 1.19 bits per heavy atom. The van der Waals surface area contributed by atoms with Crippen LogP contribution in [0.3, 0.4) is 0 Å². The first-order valence-corrected chi connectivity index (χ1v) is 13.4. The Bertz CT molecular complexity index is 1290. The molecule has 2 N–H and O–H groups in total. The Morgan fingerprint density at radius 3 is 1.69 bits per heavy atom. The van der Waals surface area contributed by atoms with Crippen molar-refractivity contribution >= 4 is 11.9 Å². The molecule has 2 fully saturated rings. The highest BCUT2D eigenvalue weighted by molar-refractivity contribution is 6.04. The number of aryl methyl sites for hydroxylation is 1. The van der Waals surface area contributed by atoms with Crippen molar-refractivity contribution in [2.24, 2.45) is 0 Å². The van der Waals surface area contributed by atoms with E-state index in [1.165, 1.54) is 36.8 Å². The summed E-state index contributed by atoms with van der Waals surface area (Å²) in [5.41, 5.74) is 7.52. The van der Waals surface area contributed by atoms with Crippen molar-refractivity contribution in [3.63, 3.8) is 0 Å². The maximum atomic E-state index is 12.5. The Kier molecular flexibility index (Phi) is 6.95. The third kappa shape index (κ3) is 4.34. The molecule has 0 aliphatic heterocycles. The highest BCUT2D eigenvalue weighted by Crippen LogP contribution is 2.51. The van der Waals surface area contributed by atoms with Gasteiger partial charge in [-0.15, -0.1) is 0 Å². The highest BCUT2D eigenvalue weighted by atomic mass is 16.4. The first-order valence-electron chi connectivity index (χ1n) is 13.4. The summed E-state index contributed by atoms with van der Waals surface area (Å²) >= 11 is 0. The lowest BCUT2D eigenvalue weighted by Gasteiger charge is -2.29. The lowest BCUT2D eigenvalue weighted by Crippen LogP contribution is -2.12. The number of hydrogen-bond donors (Lipinski definition) is 2. The van der Waals surface area contributed by atoms with Crippen LogP contribution in [-0.2, 0) is 6.42 Å². The zero-order chi connectivity index (χ0) is 25.2. The van der Waals surface area contributed by atoms with Gasteiger partial charge in [-0.25, -0.2) is 9.59 Å². The van der Waals surface area contributed by atoms with Crippen molar-refractivity contribution in [1.82, 2.24) is 0 Å². The monoisotopic (exact) mass is 482 g/mol. The van der Waals surface area contributed by atoms with E-state index < -0.39 is 11.9 Å². The van der Waals surface area contributed by atoms with Crippen LogP contribution in [0.4, 0.5) is 0 Å². The van der Waals surface area contributed by atoms with Gasteiger partial charge >= 0.3 is 11.9 Å². The largest absolute Gasteiger partial charge is 0.478 e. The maximum absolute atomic E-state index is 12.5. The lowest BCUT2D eigenvalue weighted by molar-refractivity contribution is 0.0686. The van der Waals surface area contributed by atoms with Gasteiger partial charge in [0.15, 0.2) is 0 Å². The van der Waals surface area contributed by atoms with Crippen LogP contribution in [0.2, 0.25) is 0 Å². The molecule has 5 rings (SSSR count). The van der Waals surface area contributed by atoms with Gasteiger partial charge in [0.05, 0.1) is 11.1 Å². The van der Waals surface area contributed by atoms with E-state index in [0.29, 0.717) is 23.0 Å². The molecule has 0 saturated heterocycles. The Morgan fingerprint density at radius 1 is 0.722 bits per heavy atom. The van der Waals surface area contributed by atoms with Gasteiger partial charge in [-0.05, 0) is 95.0 Å². The van der Waals surface area contributed by atoms with Crippen molar-refractivity contribution in [3.05, 3.63) is 82.4 Å². The molecule has 3 aromatic rings. The number of hydrogen-bond acceptors (Lipinski definition) is 2. The summed E-state index contributed by atoms with van der Waals surface area (Å²) in [6, 6.07) is 16.8. The molecule has 0 aromatic heterocycles. The van der Waals surface area contributed by atoms with Crippen molar-refractivity contribution < 1.29 is 19.8 Å². The van der Waals surface area contributed by atoms with E-state index in [1.54, 1.807) is 24.3 Å². The Labute approximate surface area is 213 Å². The molecule has 0 radical (unpaired) electrons. The fourth-order valence-corrected chi connectivity index (χ4v) is 6.65. The number of carboxylic acid groups (broad SMARTS) is 2. The van der Waals surface area contributed by atoms with E-state index in [9.17, 15) is 19.8 Å². The molecule has 4 heteroatoms. The van der Waals surface area contributed by atoms with Gasteiger partial charge in [-0.3, -0.25) is 0 Å². The van der Waals surface area contributed by atoms with Crippen molar-refractivity contribution in [1.29, 1.82) is 0 Å². The van der Waals surface area contributed by atoms with Gasteiger partial charge < -0.3 is 10.2 Å². The molecule has 0 atom stereocenters. The summed E-state index contributed by atoms with van der Waals surface area (Å²) in [5, 5.41) is 20.3. The minimum atomic E-state index is -0.965. The first kappa shape index (κ1) is 24.3. The molecule has 3 aromatic carbocycles. The summed E-state index contributed by atoms with van der Waals surface area (Å²) < 4.78 is 0. The van der Waals surface area contributed by atoms with Crippen LogP contribution in [0.15, 0.2) is 54.6 Å². The normalized spacial score (nSPS) is 16.5. The highest BCUT2D eigenvalue weighted by Gasteiger charge is 2.33. The standard InChI is InChI=1S/C32H34O4/c1-2-20-19-27(21-11-3-4-12-21)29(22-13-5-6-14-22)30(24-16-8-10-18-26(24)32(35)36)28(20)23-15-7-9-17-25(23)31(33)34/h7-10,15-19,21-22H,2-6,11-14H2,1H3,(H,33,34)(H,35,36). The second-order valence-electron chi connectivity index (χ2n) is 10.3. The van der Waals surface area contributed by atoms with Crippen LogP contribution in [0.25, 0.3) is 22.3 Å². The minimum absolute atomic E-state index is 0.257. The molecule has 2 aliphatic rings. The predicted molar refractivity (Wildman–Crippen MR) is 143 cm³/mol. The Balaban J connectivity index is 1.95. The molecule has 36 heavy (non-hydrogen) atoms. The van der Waals surface area contributed by atoms with Crippen LogP contribution in [0, 0.1) is 0 Å². The molecule has 0 heterocycles. The molecule has 2 aliphatic carbocycles. The van der Waals surface area contributed by atoms with Gasteiger partial charge in [-0.1, -0.05) is 75.1 Å². The fourth-order valence-electron chi connectivity index (χ4n) is 6.65. The van der Waals surface area contributed by atoms with Crippen molar-refractivity contribution in [2.45, 2.75) is 76.5 Å². The van der Waals surface area contributed by atoms with Crippen LogP contribution >= 0.6 is 0 Å². The third-order valence-corrected chi connectivity index (χ3v) is 8.27. The van der Waals surface area contributed by atoms with Crippen LogP contribution in [-0.4, -0.2) is 22.2 Å². The maximum Gasteiger partial charge on any atom is 0.336 e. The minimum Gasteiger partial charge on any atom is -0.478 e. The molecule has 0 spiro atoms. The zero-order valence-corrected chi connectivity index (χ0v) is 20.9. The van der Waals surface area contributed by atoms with Gasteiger partial charge in [0.1, 0.15) is 0 Å². The number of rotatable bonds is 7. The molecule has 2 saturated carbocycles. The summed E-state index contributed by atoms with van der Waals surface area (Å²) in [7, 11) is 0. The molecule has 186 valence electrons. The van der Waals surface area contributed by atoms with Crippen molar-refractivity contribution in [3.8, 4) is 22.3 Å². The number of carbonyl (C=O) groups is 2. The smallest absolute Gasteiger partial charge is 0.336 e. The van der Waals surface area contributed by atoms with E-state index in [2.05, 4.69) is 13.0 Å². The van der Waals surface area contributed by atoms with Crippen LogP contribution in [0.5, 0.6) is 0 Å². The lowest BCUT2D eigenvalue weighted by atomic mass is 9.74. The number of carboxylic acids is 2. The second-order valence-corrected chi connectivity index (χ2v) is 10.3. The summed E-state index contributed by atoms with van der Waals surface area (Å²) in [5.74, 6) is -1.08. The van der Waals surface area contributed by atoms with Crippen molar-refractivity contribution in [2.75, 3.05) is 0 Å². The first-order chi connectivity index (χ1) is 17.5. The van der Waals surface area contributed by atoms with E-state index >= 15 is 0 Å². The fraction of sp³-hybridized carbons (Fsp3) is 0.375. The van der Waals surface area contributed by atoms with E-state index in [1.807, 2.05) is 24.3 Å². The Hall–Kier alpha value is -3.40. The summed E-state index contributed by atoms with van der Waals surface area (Å²) in [6.45, 7) is 2.11. The molecular formula is C32H34O4. The average molecular weight is 483 g/mol. The quantitative estimate of drug-likeness (QED) is 0.355. The molecule has 0 bridgehead atoms. The second kappa shape index (κ2) is 10.3. The van der Waals surface area contributed by atoms with E-state index in [-0.39, 0.29) is 11.1 Å². The predicted octanol–water partition coefficient (Wildman–Crippen LogP) is 8.29. The van der Waals surface area contributed by atoms with Gasteiger partial charge in [0.2, 0.25) is 0 Å². The third-order valence-electron chi connectivity index (χ3n) is 8.27. The van der Waals surface area contributed by atoms with Crippen LogP contribution < -0.4 is 0 Å². The van der Waals surface area contributed by atoms with Gasteiger partial charge in [0.25, 0.3) is 0 Å². The van der Waals surface area contributed by atoms with E-state index in [0.717, 1.165) is 48.8 Å². The van der Waals surface area contributed by atoms with E-state index in [4.69, 9.17) is 0 Å². The average Bonchev–Trinajstić information content (AvgIpc) is 3.62. The topological polar surface area (TPSA) is 74.6 Å². The molecule has 0 amide bonds. The van der Waals surface area contributed by atoms with Crippen LogP contribution in [0.1, 0.15) is 108 Å². The SMILES string of the molecule is CCc1cc(C2CCCC2)c(C2CCCC2)c(-c2ccccc2C(=O)O)c1-c1ccccc1C(=O)O. The number of aromatic carboxylic acids is 2. The zero-order valence-electron chi connectivity index (χ0n) is 20.9. The number of benzene rings is 3. The molecule has 4 nitrogen and oxygen atoms in total. The van der Waals surface area contributed by atoms with Gasteiger partial charge in [0, 0.05) is 0 Å².